The van der Waals surface area contributed by atoms with E-state index in [1.165, 1.54) is 0 Å². The minimum Gasteiger partial charge on any atom is -0.497 e. The summed E-state index contributed by atoms with van der Waals surface area (Å²) in [6.07, 6.45) is 5.56. The zero-order valence-corrected chi connectivity index (χ0v) is 9.74. The molecule has 1 saturated heterocycles. The smallest absolute Gasteiger partial charge is 0.494 e. The van der Waals surface area contributed by atoms with Gasteiger partial charge in [-0.25, -0.2) is 0 Å². The van der Waals surface area contributed by atoms with Gasteiger partial charge < -0.3 is 14.0 Å². The van der Waals surface area contributed by atoms with Crippen LogP contribution in [0.5, 0.6) is 0 Å². The molecule has 1 fully saturated rings. The Balaban J connectivity index is 2.16. The first-order valence-electron chi connectivity index (χ1n) is 5.26. The molecular weight excluding hydrogens is 191 g/mol. The van der Waals surface area contributed by atoms with Crippen molar-refractivity contribution in [3.05, 3.63) is 23.9 Å². The highest BCUT2D eigenvalue weighted by Gasteiger charge is 2.52. The van der Waals surface area contributed by atoms with Gasteiger partial charge in [-0.05, 0) is 45.3 Å². The Morgan fingerprint density at radius 2 is 1.73 bits per heavy atom. The predicted molar refractivity (Wildman–Crippen MR) is 59.3 cm³/mol. The second-order valence-corrected chi connectivity index (χ2v) is 4.93. The minimum absolute atomic E-state index is 0.268. The standard InChI is InChI=1S/C11H17BO3/c1-10(2)11(3,4)15-12(14-10)9-5-7-13-8-6-9/h5-7H,8H2,1-4H3. The molecular formula is C11H17BO3. The Hall–Kier alpha value is -0.735. The van der Waals surface area contributed by atoms with Crippen LogP contribution in [0.15, 0.2) is 23.9 Å². The van der Waals surface area contributed by atoms with Crippen molar-refractivity contribution in [2.75, 3.05) is 6.61 Å². The molecule has 0 spiro atoms. The van der Waals surface area contributed by atoms with Gasteiger partial charge in [-0.1, -0.05) is 0 Å². The summed E-state index contributed by atoms with van der Waals surface area (Å²) in [6, 6.07) is 0. The maximum atomic E-state index is 5.91. The fourth-order valence-corrected chi connectivity index (χ4v) is 1.55. The van der Waals surface area contributed by atoms with E-state index < -0.39 is 0 Å². The Labute approximate surface area is 91.2 Å². The largest absolute Gasteiger partial charge is 0.497 e. The van der Waals surface area contributed by atoms with Crippen LogP contribution >= 0.6 is 0 Å². The van der Waals surface area contributed by atoms with E-state index >= 15 is 0 Å². The number of hydrogen-bond donors (Lipinski definition) is 0. The maximum Gasteiger partial charge on any atom is 0.494 e. The Morgan fingerprint density at radius 3 is 2.20 bits per heavy atom. The van der Waals surface area contributed by atoms with Crippen molar-refractivity contribution in [1.29, 1.82) is 0 Å². The molecule has 2 aliphatic rings. The zero-order valence-electron chi connectivity index (χ0n) is 9.74. The van der Waals surface area contributed by atoms with Gasteiger partial charge >= 0.3 is 7.12 Å². The molecule has 2 aliphatic heterocycles. The van der Waals surface area contributed by atoms with Crippen LogP contribution in [0, 0.1) is 0 Å². The van der Waals surface area contributed by atoms with E-state index in [1.807, 2.05) is 12.2 Å². The molecule has 3 nitrogen and oxygen atoms in total. The number of rotatable bonds is 1. The lowest BCUT2D eigenvalue weighted by molar-refractivity contribution is 0.00578. The van der Waals surface area contributed by atoms with Gasteiger partial charge in [-0.15, -0.1) is 0 Å². The van der Waals surface area contributed by atoms with Gasteiger partial charge in [0.1, 0.15) is 6.61 Å². The summed E-state index contributed by atoms with van der Waals surface area (Å²) in [6.45, 7) is 8.80. The first kappa shape index (κ1) is 10.8. The molecule has 0 bridgehead atoms. The average Bonchev–Trinajstić information content (AvgIpc) is 2.38. The second-order valence-electron chi connectivity index (χ2n) is 4.93. The quantitative estimate of drug-likeness (QED) is 0.617. The summed E-state index contributed by atoms with van der Waals surface area (Å²) < 4.78 is 16.9. The van der Waals surface area contributed by atoms with Crippen LogP contribution in [0.2, 0.25) is 0 Å². The molecule has 15 heavy (non-hydrogen) atoms. The molecule has 0 saturated carbocycles. The van der Waals surface area contributed by atoms with E-state index in [-0.39, 0.29) is 18.3 Å². The van der Waals surface area contributed by atoms with E-state index in [2.05, 4.69) is 27.7 Å². The van der Waals surface area contributed by atoms with Crippen molar-refractivity contribution >= 4 is 7.12 Å². The Morgan fingerprint density at radius 1 is 1.13 bits per heavy atom. The third-order valence-corrected chi connectivity index (χ3v) is 3.30. The lowest BCUT2D eigenvalue weighted by Gasteiger charge is -2.32. The minimum atomic E-state index is -0.273. The first-order valence-corrected chi connectivity index (χ1v) is 5.26. The molecule has 0 atom stereocenters. The Kier molecular flexibility index (Phi) is 2.43. The lowest BCUT2D eigenvalue weighted by atomic mass is 9.77. The van der Waals surface area contributed by atoms with Crippen molar-refractivity contribution < 1.29 is 14.0 Å². The van der Waals surface area contributed by atoms with Crippen LogP contribution in [0.1, 0.15) is 27.7 Å². The summed E-state index contributed by atoms with van der Waals surface area (Å²) in [5.41, 5.74) is 0.495. The molecule has 2 heterocycles. The van der Waals surface area contributed by atoms with Crippen LogP contribution in [-0.2, 0) is 14.0 Å². The SMILES string of the molecule is CC1(C)OB(C2=CCOC=C2)OC1(C)C. The van der Waals surface area contributed by atoms with Gasteiger partial charge in [0.2, 0.25) is 0 Å². The topological polar surface area (TPSA) is 27.7 Å². The molecule has 0 amide bonds. The molecule has 0 radical (unpaired) electrons. The number of hydrogen-bond acceptors (Lipinski definition) is 3. The van der Waals surface area contributed by atoms with Gasteiger partial charge in [0.25, 0.3) is 0 Å². The molecule has 2 rings (SSSR count). The van der Waals surface area contributed by atoms with E-state index in [1.54, 1.807) is 6.26 Å². The van der Waals surface area contributed by atoms with E-state index in [9.17, 15) is 0 Å². The highest BCUT2D eigenvalue weighted by Crippen LogP contribution is 2.38. The molecule has 82 valence electrons. The van der Waals surface area contributed by atoms with Crippen molar-refractivity contribution in [2.45, 2.75) is 38.9 Å². The molecule has 0 aromatic heterocycles. The van der Waals surface area contributed by atoms with Crippen molar-refractivity contribution in [1.82, 2.24) is 0 Å². The third-order valence-electron chi connectivity index (χ3n) is 3.30. The van der Waals surface area contributed by atoms with Crippen molar-refractivity contribution in [3.8, 4) is 0 Å². The van der Waals surface area contributed by atoms with Gasteiger partial charge in [0, 0.05) is 0 Å². The first-order chi connectivity index (χ1) is 6.92. The van der Waals surface area contributed by atoms with Crippen LogP contribution in [0.3, 0.4) is 0 Å². The molecule has 0 unspecified atom stereocenters. The van der Waals surface area contributed by atoms with E-state index in [4.69, 9.17) is 14.0 Å². The van der Waals surface area contributed by atoms with E-state index in [0.717, 1.165) is 5.47 Å². The van der Waals surface area contributed by atoms with E-state index in [0.29, 0.717) is 6.61 Å². The fourth-order valence-electron chi connectivity index (χ4n) is 1.55. The maximum absolute atomic E-state index is 5.91. The average molecular weight is 208 g/mol. The highest BCUT2D eigenvalue weighted by molar-refractivity contribution is 6.55. The van der Waals surface area contributed by atoms with Crippen LogP contribution in [-0.4, -0.2) is 24.9 Å². The van der Waals surface area contributed by atoms with Gasteiger partial charge in [-0.2, -0.15) is 0 Å². The summed E-state index contributed by atoms with van der Waals surface area (Å²) in [7, 11) is -0.268. The fraction of sp³-hybridized carbons (Fsp3) is 0.636. The summed E-state index contributed by atoms with van der Waals surface area (Å²) in [5.74, 6) is 0. The second kappa shape index (κ2) is 3.39. The highest BCUT2D eigenvalue weighted by atomic mass is 16.7. The Bertz CT molecular complexity index is 302. The van der Waals surface area contributed by atoms with Gasteiger partial charge in [0.15, 0.2) is 0 Å². The van der Waals surface area contributed by atoms with Crippen LogP contribution in [0.4, 0.5) is 0 Å². The lowest BCUT2D eigenvalue weighted by Crippen LogP contribution is -2.41. The molecule has 0 aromatic carbocycles. The number of ether oxygens (including phenoxy) is 1. The van der Waals surface area contributed by atoms with Crippen molar-refractivity contribution in [2.24, 2.45) is 0 Å². The van der Waals surface area contributed by atoms with Crippen LogP contribution < -0.4 is 0 Å². The monoisotopic (exact) mass is 208 g/mol. The molecule has 0 aliphatic carbocycles. The third kappa shape index (κ3) is 1.84. The number of allylic oxidation sites excluding steroid dienone is 2. The molecule has 0 aromatic rings. The zero-order chi connectivity index (χ0) is 11.1. The van der Waals surface area contributed by atoms with Gasteiger partial charge in [-0.3, -0.25) is 0 Å². The van der Waals surface area contributed by atoms with Gasteiger partial charge in [0.05, 0.1) is 17.5 Å². The predicted octanol–water partition coefficient (Wildman–Crippen LogP) is 2.09. The molecule has 0 N–H and O–H groups in total. The van der Waals surface area contributed by atoms with Crippen LogP contribution in [0.25, 0.3) is 0 Å². The van der Waals surface area contributed by atoms with Crippen molar-refractivity contribution in [3.63, 3.8) is 0 Å². The summed E-state index contributed by atoms with van der Waals surface area (Å²) in [4.78, 5) is 0. The summed E-state index contributed by atoms with van der Waals surface area (Å²) >= 11 is 0. The summed E-state index contributed by atoms with van der Waals surface area (Å²) in [5, 5.41) is 0. The molecule has 4 heteroatoms. The normalized spacial score (nSPS) is 27.5.